The van der Waals surface area contributed by atoms with E-state index in [2.05, 4.69) is 69.3 Å². The molecule has 0 spiro atoms. The summed E-state index contributed by atoms with van der Waals surface area (Å²) in [5.41, 5.74) is 5.11. The summed E-state index contributed by atoms with van der Waals surface area (Å²) < 4.78 is 5.77. The van der Waals surface area contributed by atoms with E-state index in [1.165, 1.54) is 22.1 Å². The van der Waals surface area contributed by atoms with Crippen LogP contribution in [0, 0.1) is 6.92 Å². The molecular weight excluding hydrogens is 231 g/mol. The SMILES string of the molecule is COB(c1cccc(C)c1)c1ccccc1C(C)C. The molecule has 0 fully saturated rings. The smallest absolute Gasteiger partial charge is 0.361 e. The van der Waals surface area contributed by atoms with E-state index in [9.17, 15) is 0 Å². The Hall–Kier alpha value is -1.54. The lowest BCUT2D eigenvalue weighted by molar-refractivity contribution is 0.439. The highest BCUT2D eigenvalue weighted by atomic mass is 16.4. The van der Waals surface area contributed by atoms with Crippen LogP contribution in [0.1, 0.15) is 30.9 Å². The fraction of sp³-hybridized carbons (Fsp3) is 0.294. The van der Waals surface area contributed by atoms with Crippen LogP contribution in [0.2, 0.25) is 0 Å². The quantitative estimate of drug-likeness (QED) is 0.760. The summed E-state index contributed by atoms with van der Waals surface area (Å²) in [5, 5.41) is 0. The van der Waals surface area contributed by atoms with Crippen molar-refractivity contribution in [2.24, 2.45) is 0 Å². The van der Waals surface area contributed by atoms with Gasteiger partial charge in [0.2, 0.25) is 0 Å². The van der Waals surface area contributed by atoms with E-state index in [1.54, 1.807) is 7.11 Å². The molecular formula is C17H21BO. The molecule has 0 aliphatic carbocycles. The normalized spacial score (nSPS) is 10.8. The molecule has 1 nitrogen and oxygen atoms in total. The minimum Gasteiger partial charge on any atom is -0.430 e. The summed E-state index contributed by atoms with van der Waals surface area (Å²) >= 11 is 0. The summed E-state index contributed by atoms with van der Waals surface area (Å²) in [6.07, 6.45) is 0. The van der Waals surface area contributed by atoms with Gasteiger partial charge in [0.1, 0.15) is 0 Å². The van der Waals surface area contributed by atoms with Crippen LogP contribution in [0.25, 0.3) is 0 Å². The molecule has 0 saturated heterocycles. The van der Waals surface area contributed by atoms with Crippen LogP contribution >= 0.6 is 0 Å². The van der Waals surface area contributed by atoms with Crippen LogP contribution in [0.3, 0.4) is 0 Å². The fourth-order valence-corrected chi connectivity index (χ4v) is 2.55. The van der Waals surface area contributed by atoms with Gasteiger partial charge in [0.15, 0.2) is 0 Å². The Balaban J connectivity index is 2.48. The first-order valence-corrected chi connectivity index (χ1v) is 6.81. The van der Waals surface area contributed by atoms with Gasteiger partial charge in [0, 0.05) is 7.11 Å². The summed E-state index contributed by atoms with van der Waals surface area (Å²) in [7, 11) is 1.78. The molecule has 0 N–H and O–H groups in total. The van der Waals surface area contributed by atoms with Crippen molar-refractivity contribution in [1.29, 1.82) is 0 Å². The largest absolute Gasteiger partial charge is 0.430 e. The van der Waals surface area contributed by atoms with E-state index in [0.717, 1.165) is 0 Å². The highest BCUT2D eigenvalue weighted by Crippen LogP contribution is 2.12. The molecule has 2 aromatic carbocycles. The molecule has 0 aromatic heterocycles. The zero-order valence-corrected chi connectivity index (χ0v) is 12.2. The average Bonchev–Trinajstić information content (AvgIpc) is 2.40. The lowest BCUT2D eigenvalue weighted by atomic mass is 9.53. The highest BCUT2D eigenvalue weighted by molar-refractivity contribution is 6.80. The van der Waals surface area contributed by atoms with Crippen molar-refractivity contribution in [3.8, 4) is 0 Å². The molecule has 0 heterocycles. The Morgan fingerprint density at radius 3 is 2.37 bits per heavy atom. The second-order valence-corrected chi connectivity index (χ2v) is 5.31. The van der Waals surface area contributed by atoms with Gasteiger partial charge in [-0.15, -0.1) is 0 Å². The summed E-state index contributed by atoms with van der Waals surface area (Å²) in [6, 6.07) is 17.1. The number of aryl methyl sites for hydroxylation is 1. The van der Waals surface area contributed by atoms with E-state index < -0.39 is 0 Å². The standard InChI is InChI=1S/C17H21BO/c1-13(2)16-10-5-6-11-17(16)18(19-4)15-9-7-8-14(3)12-15/h5-13H,1-4H3. The van der Waals surface area contributed by atoms with Crippen molar-refractivity contribution < 1.29 is 4.65 Å². The first-order valence-electron chi connectivity index (χ1n) is 6.81. The molecule has 0 atom stereocenters. The Bertz CT molecular complexity index is 548. The Morgan fingerprint density at radius 1 is 1.00 bits per heavy atom. The van der Waals surface area contributed by atoms with Gasteiger partial charge in [-0.1, -0.05) is 67.9 Å². The monoisotopic (exact) mass is 252 g/mol. The molecule has 0 radical (unpaired) electrons. The van der Waals surface area contributed by atoms with E-state index >= 15 is 0 Å². The Labute approximate surface area is 116 Å². The summed E-state index contributed by atoms with van der Waals surface area (Å²) in [6.45, 7) is 6.58. The maximum absolute atomic E-state index is 5.77. The van der Waals surface area contributed by atoms with Crippen molar-refractivity contribution in [3.63, 3.8) is 0 Å². The third-order valence-corrected chi connectivity index (χ3v) is 3.48. The first-order chi connectivity index (χ1) is 9.13. The van der Waals surface area contributed by atoms with Crippen LogP contribution in [-0.4, -0.2) is 14.0 Å². The van der Waals surface area contributed by atoms with Crippen LogP contribution in [0.5, 0.6) is 0 Å². The number of benzene rings is 2. The third-order valence-electron chi connectivity index (χ3n) is 3.48. The van der Waals surface area contributed by atoms with Crippen LogP contribution in [0.4, 0.5) is 0 Å². The fourth-order valence-electron chi connectivity index (χ4n) is 2.55. The molecule has 0 bridgehead atoms. The molecule has 0 aliphatic rings. The molecule has 2 aromatic rings. The minimum atomic E-state index is 0.0125. The van der Waals surface area contributed by atoms with Crippen LogP contribution in [0.15, 0.2) is 48.5 Å². The molecule has 0 amide bonds. The lowest BCUT2D eigenvalue weighted by Crippen LogP contribution is -2.46. The molecule has 2 heteroatoms. The van der Waals surface area contributed by atoms with Crippen LogP contribution in [-0.2, 0) is 4.65 Å². The van der Waals surface area contributed by atoms with Gasteiger partial charge in [0.05, 0.1) is 0 Å². The van der Waals surface area contributed by atoms with E-state index in [-0.39, 0.29) is 6.92 Å². The predicted molar refractivity (Wildman–Crippen MR) is 83.7 cm³/mol. The van der Waals surface area contributed by atoms with Gasteiger partial charge in [-0.05, 0) is 29.3 Å². The van der Waals surface area contributed by atoms with E-state index in [0.29, 0.717) is 5.92 Å². The van der Waals surface area contributed by atoms with Crippen LogP contribution < -0.4 is 10.9 Å². The lowest BCUT2D eigenvalue weighted by Gasteiger charge is -2.18. The Morgan fingerprint density at radius 2 is 1.74 bits per heavy atom. The molecule has 0 saturated carbocycles. The average molecular weight is 252 g/mol. The second-order valence-electron chi connectivity index (χ2n) is 5.31. The van der Waals surface area contributed by atoms with Crippen molar-refractivity contribution in [2.75, 3.05) is 7.11 Å². The zero-order valence-electron chi connectivity index (χ0n) is 12.2. The van der Waals surface area contributed by atoms with E-state index in [4.69, 9.17) is 4.65 Å². The topological polar surface area (TPSA) is 9.23 Å². The van der Waals surface area contributed by atoms with Gasteiger partial charge >= 0.3 is 6.92 Å². The second kappa shape index (κ2) is 6.07. The number of hydrogen-bond acceptors (Lipinski definition) is 1. The van der Waals surface area contributed by atoms with Crippen molar-refractivity contribution in [1.82, 2.24) is 0 Å². The molecule has 0 aliphatic heterocycles. The molecule has 0 unspecified atom stereocenters. The van der Waals surface area contributed by atoms with E-state index in [1.807, 2.05) is 0 Å². The van der Waals surface area contributed by atoms with Gasteiger partial charge in [-0.3, -0.25) is 0 Å². The molecule has 2 rings (SSSR count). The minimum absolute atomic E-state index is 0.0125. The molecule has 19 heavy (non-hydrogen) atoms. The first kappa shape index (κ1) is 13.9. The maximum atomic E-state index is 5.77. The predicted octanol–water partition coefficient (Wildman–Crippen LogP) is 2.87. The van der Waals surface area contributed by atoms with Crippen molar-refractivity contribution in [2.45, 2.75) is 26.7 Å². The third kappa shape index (κ3) is 3.08. The molecule has 98 valence electrons. The highest BCUT2D eigenvalue weighted by Gasteiger charge is 2.23. The van der Waals surface area contributed by atoms with Gasteiger partial charge in [-0.2, -0.15) is 0 Å². The maximum Gasteiger partial charge on any atom is 0.361 e. The van der Waals surface area contributed by atoms with Gasteiger partial charge in [0.25, 0.3) is 0 Å². The van der Waals surface area contributed by atoms with Crippen molar-refractivity contribution in [3.05, 3.63) is 59.7 Å². The number of hydrogen-bond donors (Lipinski definition) is 0. The van der Waals surface area contributed by atoms with Crippen molar-refractivity contribution >= 4 is 17.8 Å². The van der Waals surface area contributed by atoms with Gasteiger partial charge < -0.3 is 4.65 Å². The summed E-state index contributed by atoms with van der Waals surface area (Å²) in [4.78, 5) is 0. The summed E-state index contributed by atoms with van der Waals surface area (Å²) in [5.74, 6) is 0.499. The number of rotatable bonds is 4. The zero-order chi connectivity index (χ0) is 13.8. The van der Waals surface area contributed by atoms with Gasteiger partial charge in [-0.25, -0.2) is 0 Å². The Kier molecular flexibility index (Phi) is 4.44.